The topological polar surface area (TPSA) is 145 Å². The van der Waals surface area contributed by atoms with Crippen molar-refractivity contribution in [1.82, 2.24) is 60.2 Å². The minimum absolute atomic E-state index is 0.352. The third kappa shape index (κ3) is 6.31. The highest BCUT2D eigenvalue weighted by Gasteiger charge is 2.15. The van der Waals surface area contributed by atoms with Crippen molar-refractivity contribution in [2.45, 2.75) is 33.6 Å². The number of aromatic nitrogens is 10. The molecule has 29 heavy (non-hydrogen) atoms. The first kappa shape index (κ1) is 21.4. The second-order valence-electron chi connectivity index (χ2n) is 6.59. The van der Waals surface area contributed by atoms with Gasteiger partial charge in [0.15, 0.2) is 5.16 Å². The number of likely N-dealkylation sites (N-methyl/N-ethyl adjacent to an activating group) is 2. The molecule has 0 spiro atoms. The number of hydrogen-bond acceptors (Lipinski definition) is 13. The van der Waals surface area contributed by atoms with Gasteiger partial charge in [-0.1, -0.05) is 0 Å². The van der Waals surface area contributed by atoms with Crippen molar-refractivity contribution in [2.24, 2.45) is 0 Å². The number of nitrogens with zero attached hydrogens (tertiary/aromatic N) is 12. The molecule has 0 radical (unpaired) electrons. The van der Waals surface area contributed by atoms with Crippen molar-refractivity contribution in [2.75, 3.05) is 47.0 Å². The lowest BCUT2D eigenvalue weighted by molar-refractivity contribution is 0.361. The largest absolute Gasteiger partial charge is 0.384 e. The van der Waals surface area contributed by atoms with Gasteiger partial charge in [-0.05, 0) is 72.6 Å². The molecule has 0 saturated heterocycles. The molecule has 0 saturated carbocycles. The molecule has 0 aliphatic heterocycles. The summed E-state index contributed by atoms with van der Waals surface area (Å²) in [7, 11) is 7.98. The zero-order valence-electron chi connectivity index (χ0n) is 16.7. The maximum Gasteiger partial charge on any atom is 0.217 e. The van der Waals surface area contributed by atoms with Crippen molar-refractivity contribution in [3.8, 4) is 0 Å². The van der Waals surface area contributed by atoms with E-state index in [0.717, 1.165) is 13.1 Å². The molecule has 3 rings (SSSR count). The molecule has 3 aromatic heterocycles. The molecule has 15 heteroatoms. The van der Waals surface area contributed by atoms with Gasteiger partial charge in [-0.25, -0.2) is 19.3 Å². The van der Waals surface area contributed by atoms with Gasteiger partial charge in [-0.15, -0.1) is 10.2 Å². The van der Waals surface area contributed by atoms with Gasteiger partial charge in [0.05, 0.1) is 13.1 Å². The molecule has 13 nitrogen and oxygen atoms in total. The molecule has 0 amide bonds. The summed E-state index contributed by atoms with van der Waals surface area (Å²) in [6.45, 7) is 2.96. The summed E-state index contributed by atoms with van der Waals surface area (Å²) < 4.78 is 3.45. The maximum absolute atomic E-state index is 5.98. The summed E-state index contributed by atoms with van der Waals surface area (Å²) in [6, 6.07) is 1.69. The Morgan fingerprint density at radius 3 is 1.97 bits per heavy atom. The number of tetrazole rings is 2. The van der Waals surface area contributed by atoms with Gasteiger partial charge in [0, 0.05) is 19.2 Å². The van der Waals surface area contributed by atoms with Gasteiger partial charge in [-0.3, -0.25) is 0 Å². The minimum Gasteiger partial charge on any atom is -0.384 e. The van der Waals surface area contributed by atoms with Crippen LogP contribution in [0.25, 0.3) is 0 Å². The van der Waals surface area contributed by atoms with E-state index in [1.165, 1.54) is 23.5 Å². The molecule has 0 fully saturated rings. The lowest BCUT2D eigenvalue weighted by Gasteiger charge is -2.10. The normalized spacial score (nSPS) is 11.7. The van der Waals surface area contributed by atoms with Crippen LogP contribution in [0.4, 0.5) is 5.82 Å². The quantitative estimate of drug-likeness (QED) is 0.320. The fraction of sp³-hybridized carbons (Fsp3) is 0.571. The highest BCUT2D eigenvalue weighted by molar-refractivity contribution is 7.99. The van der Waals surface area contributed by atoms with E-state index in [2.05, 4.69) is 50.8 Å². The molecular weight excluding hydrogens is 414 g/mol. The lowest BCUT2D eigenvalue weighted by atomic mass is 10.6. The molecule has 3 heterocycles. The highest BCUT2D eigenvalue weighted by Crippen LogP contribution is 2.29. The highest BCUT2D eigenvalue weighted by atomic mass is 32.2. The Hall–Kier alpha value is -2.36. The third-order valence-corrected chi connectivity index (χ3v) is 5.33. The van der Waals surface area contributed by atoms with E-state index in [1.807, 2.05) is 28.2 Å². The minimum atomic E-state index is 0.352. The Kier molecular flexibility index (Phi) is 7.29. The van der Waals surface area contributed by atoms with Crippen LogP contribution < -0.4 is 5.73 Å². The van der Waals surface area contributed by atoms with Crippen LogP contribution in [0.1, 0.15) is 0 Å². The van der Waals surface area contributed by atoms with Gasteiger partial charge < -0.3 is 15.5 Å². The second kappa shape index (κ2) is 9.91. The van der Waals surface area contributed by atoms with Crippen LogP contribution in [0.15, 0.2) is 26.6 Å². The summed E-state index contributed by atoms with van der Waals surface area (Å²) in [5.74, 6) is 0.352. The van der Waals surface area contributed by atoms with Crippen molar-refractivity contribution < 1.29 is 0 Å². The van der Waals surface area contributed by atoms with Gasteiger partial charge in [-0.2, -0.15) is 0 Å². The Balaban J connectivity index is 1.73. The average molecular weight is 438 g/mol. The van der Waals surface area contributed by atoms with Crippen LogP contribution in [-0.2, 0) is 13.1 Å². The van der Waals surface area contributed by atoms with Crippen LogP contribution in [0, 0.1) is 0 Å². The van der Waals surface area contributed by atoms with Crippen molar-refractivity contribution in [3.05, 3.63) is 6.07 Å². The molecule has 0 aliphatic carbocycles. The predicted octanol–water partition coefficient (Wildman–Crippen LogP) is -0.543. The molecular formula is C14H23N13S2. The Labute approximate surface area is 176 Å². The second-order valence-corrected chi connectivity index (χ2v) is 8.52. The molecule has 3 aromatic rings. The number of nitrogen functional groups attached to an aromatic ring is 1. The van der Waals surface area contributed by atoms with Crippen LogP contribution >= 0.6 is 23.5 Å². The summed E-state index contributed by atoms with van der Waals surface area (Å²) >= 11 is 2.59. The predicted molar refractivity (Wildman–Crippen MR) is 107 cm³/mol. The summed E-state index contributed by atoms with van der Waals surface area (Å²) in [5, 5.41) is 26.0. The molecule has 0 aromatic carbocycles. The standard InChI is InChI=1S/C14H23N13S2/c1-24(2)5-7-26-13(18-20-22-26)28-11-9-10(15)16-12(17-11)29-14-19-21-23-27(14)8-6-25(3)4/h9H,5-8H2,1-4H3,(H2,15,16,17). The zero-order valence-corrected chi connectivity index (χ0v) is 18.3. The van der Waals surface area contributed by atoms with E-state index in [9.17, 15) is 0 Å². The van der Waals surface area contributed by atoms with Crippen LogP contribution in [-0.4, -0.2) is 101 Å². The van der Waals surface area contributed by atoms with E-state index in [1.54, 1.807) is 15.4 Å². The first-order chi connectivity index (χ1) is 13.9. The number of nitrogens with two attached hydrogens (primary N) is 1. The van der Waals surface area contributed by atoms with Crippen LogP contribution in [0.2, 0.25) is 0 Å². The first-order valence-electron chi connectivity index (χ1n) is 8.73. The molecule has 2 N–H and O–H groups in total. The van der Waals surface area contributed by atoms with Crippen molar-refractivity contribution in [3.63, 3.8) is 0 Å². The van der Waals surface area contributed by atoms with E-state index < -0.39 is 0 Å². The summed E-state index contributed by atoms with van der Waals surface area (Å²) in [5.41, 5.74) is 5.98. The third-order valence-electron chi connectivity index (χ3n) is 3.60. The molecule has 0 unspecified atom stereocenters. The average Bonchev–Trinajstić information content (AvgIpc) is 3.27. The first-order valence-corrected chi connectivity index (χ1v) is 10.4. The number of anilines is 1. The number of rotatable bonds is 10. The Morgan fingerprint density at radius 1 is 0.862 bits per heavy atom. The monoisotopic (exact) mass is 437 g/mol. The van der Waals surface area contributed by atoms with Gasteiger partial charge in [0.1, 0.15) is 10.8 Å². The van der Waals surface area contributed by atoms with Crippen molar-refractivity contribution in [1.29, 1.82) is 0 Å². The number of hydrogen-bond donors (Lipinski definition) is 1. The molecule has 156 valence electrons. The lowest BCUT2D eigenvalue weighted by Crippen LogP contribution is -2.19. The fourth-order valence-corrected chi connectivity index (χ4v) is 3.74. The van der Waals surface area contributed by atoms with Gasteiger partial charge >= 0.3 is 0 Å². The van der Waals surface area contributed by atoms with E-state index in [4.69, 9.17) is 5.73 Å². The van der Waals surface area contributed by atoms with Crippen LogP contribution in [0.3, 0.4) is 0 Å². The van der Waals surface area contributed by atoms with Gasteiger partial charge in [0.2, 0.25) is 10.3 Å². The zero-order chi connectivity index (χ0) is 20.8. The van der Waals surface area contributed by atoms with Gasteiger partial charge in [0.25, 0.3) is 0 Å². The summed E-state index contributed by atoms with van der Waals surface area (Å²) in [6.07, 6.45) is 0. The maximum atomic E-state index is 5.98. The molecule has 0 aliphatic rings. The van der Waals surface area contributed by atoms with E-state index >= 15 is 0 Å². The van der Waals surface area contributed by atoms with Crippen molar-refractivity contribution >= 4 is 29.3 Å². The van der Waals surface area contributed by atoms with E-state index in [0.29, 0.717) is 39.4 Å². The summed E-state index contributed by atoms with van der Waals surface area (Å²) in [4.78, 5) is 13.0. The molecule has 0 bridgehead atoms. The Bertz CT molecular complexity index is 851. The fourth-order valence-electron chi connectivity index (χ4n) is 2.10. The smallest absolute Gasteiger partial charge is 0.217 e. The Morgan fingerprint density at radius 2 is 1.41 bits per heavy atom. The molecule has 0 atom stereocenters. The SMILES string of the molecule is CN(C)CCn1nnnc1Sc1cc(N)nc(Sc2nnnn2CCN(C)C)n1. The van der Waals surface area contributed by atoms with Crippen LogP contribution in [0.5, 0.6) is 0 Å². The van der Waals surface area contributed by atoms with E-state index in [-0.39, 0.29) is 0 Å².